The fourth-order valence-electron chi connectivity index (χ4n) is 4.27. The lowest BCUT2D eigenvalue weighted by molar-refractivity contribution is 0.0746. The van der Waals surface area contributed by atoms with Crippen LogP contribution in [0.15, 0.2) is 66.7 Å². The SMILES string of the molecule is Cc1ccc(C(=O)N2CCN(c3c(Cl)cccc3NC(=O)c3ccc(C(C)(C)C)cc3)CC2)cc1. The number of nitrogens with zero attached hydrogens (tertiary/aromatic N) is 2. The topological polar surface area (TPSA) is 52.7 Å². The standard InChI is InChI=1S/C29H32ClN3O2/c1-20-8-10-22(11-9-20)28(35)33-18-16-32(17-19-33)26-24(30)6-5-7-25(26)31-27(34)21-12-14-23(15-13-21)29(2,3)4/h5-15H,16-19H2,1-4H3,(H,31,34). The van der Waals surface area contributed by atoms with Crippen LogP contribution in [-0.4, -0.2) is 42.9 Å². The Balaban J connectivity index is 1.46. The third-order valence-corrected chi connectivity index (χ3v) is 6.73. The molecule has 182 valence electrons. The highest BCUT2D eigenvalue weighted by molar-refractivity contribution is 6.34. The molecule has 1 aliphatic rings. The summed E-state index contributed by atoms with van der Waals surface area (Å²) in [5.74, 6) is -0.141. The molecule has 1 heterocycles. The molecule has 2 amide bonds. The minimum atomic E-state index is -0.179. The molecule has 0 bridgehead atoms. The largest absolute Gasteiger partial charge is 0.365 e. The average molecular weight is 490 g/mol. The monoisotopic (exact) mass is 489 g/mol. The molecular weight excluding hydrogens is 458 g/mol. The van der Waals surface area contributed by atoms with Gasteiger partial charge in [0.1, 0.15) is 0 Å². The molecular formula is C29H32ClN3O2. The number of para-hydroxylation sites is 1. The number of hydrogen-bond acceptors (Lipinski definition) is 3. The van der Waals surface area contributed by atoms with Crippen molar-refractivity contribution in [2.75, 3.05) is 36.4 Å². The summed E-state index contributed by atoms with van der Waals surface area (Å²) >= 11 is 6.60. The van der Waals surface area contributed by atoms with Crippen molar-refractivity contribution in [1.82, 2.24) is 4.90 Å². The van der Waals surface area contributed by atoms with E-state index in [1.807, 2.05) is 78.6 Å². The van der Waals surface area contributed by atoms with Gasteiger partial charge in [-0.15, -0.1) is 0 Å². The van der Waals surface area contributed by atoms with Crippen LogP contribution in [0.2, 0.25) is 5.02 Å². The van der Waals surface area contributed by atoms with E-state index < -0.39 is 0 Å². The lowest BCUT2D eigenvalue weighted by Gasteiger charge is -2.37. The fraction of sp³-hybridized carbons (Fsp3) is 0.310. The summed E-state index contributed by atoms with van der Waals surface area (Å²) in [5.41, 5.74) is 5.08. The second-order valence-electron chi connectivity index (χ2n) is 10.1. The van der Waals surface area contributed by atoms with Crippen molar-refractivity contribution in [3.05, 3.63) is 94.0 Å². The van der Waals surface area contributed by atoms with Crippen LogP contribution in [0, 0.1) is 6.92 Å². The zero-order chi connectivity index (χ0) is 25.2. The number of carbonyl (C=O) groups excluding carboxylic acids is 2. The number of aryl methyl sites for hydroxylation is 1. The van der Waals surface area contributed by atoms with Gasteiger partial charge in [-0.25, -0.2) is 0 Å². The van der Waals surface area contributed by atoms with Gasteiger partial charge in [-0.3, -0.25) is 9.59 Å². The number of hydrogen-bond donors (Lipinski definition) is 1. The summed E-state index contributed by atoms with van der Waals surface area (Å²) in [5, 5.41) is 3.62. The van der Waals surface area contributed by atoms with Crippen LogP contribution in [0.1, 0.15) is 52.6 Å². The predicted molar refractivity (Wildman–Crippen MR) is 144 cm³/mol. The van der Waals surface area contributed by atoms with Gasteiger partial charge in [0.05, 0.1) is 16.4 Å². The lowest BCUT2D eigenvalue weighted by Crippen LogP contribution is -2.49. The van der Waals surface area contributed by atoms with Gasteiger partial charge in [0.25, 0.3) is 11.8 Å². The third-order valence-electron chi connectivity index (χ3n) is 6.43. The van der Waals surface area contributed by atoms with Gasteiger partial charge < -0.3 is 15.1 Å². The molecule has 0 atom stereocenters. The minimum Gasteiger partial charge on any atom is -0.365 e. The number of nitrogens with one attached hydrogen (secondary N) is 1. The van der Waals surface area contributed by atoms with Crippen molar-refractivity contribution >= 4 is 34.8 Å². The molecule has 4 rings (SSSR count). The maximum absolute atomic E-state index is 13.0. The van der Waals surface area contributed by atoms with Crippen LogP contribution >= 0.6 is 11.6 Å². The number of carbonyl (C=O) groups is 2. The van der Waals surface area contributed by atoms with Crippen molar-refractivity contribution in [2.24, 2.45) is 0 Å². The van der Waals surface area contributed by atoms with E-state index in [0.29, 0.717) is 48.0 Å². The van der Waals surface area contributed by atoms with E-state index in [1.54, 1.807) is 0 Å². The van der Waals surface area contributed by atoms with E-state index in [0.717, 1.165) is 11.3 Å². The second kappa shape index (κ2) is 10.1. The van der Waals surface area contributed by atoms with E-state index in [9.17, 15) is 9.59 Å². The highest BCUT2D eigenvalue weighted by atomic mass is 35.5. The molecule has 5 nitrogen and oxygen atoms in total. The molecule has 0 unspecified atom stereocenters. The fourth-order valence-corrected chi connectivity index (χ4v) is 4.56. The predicted octanol–water partition coefficient (Wildman–Crippen LogP) is 6.16. The minimum absolute atomic E-state index is 0.0259. The molecule has 3 aromatic rings. The first-order chi connectivity index (χ1) is 16.6. The van der Waals surface area contributed by atoms with Crippen molar-refractivity contribution in [1.29, 1.82) is 0 Å². The lowest BCUT2D eigenvalue weighted by atomic mass is 9.87. The quantitative estimate of drug-likeness (QED) is 0.477. The Bertz CT molecular complexity index is 1210. The zero-order valence-electron chi connectivity index (χ0n) is 20.8. The Morgan fingerprint density at radius 1 is 0.829 bits per heavy atom. The smallest absolute Gasteiger partial charge is 0.255 e. The van der Waals surface area contributed by atoms with Crippen molar-refractivity contribution < 1.29 is 9.59 Å². The number of amides is 2. The van der Waals surface area contributed by atoms with Crippen molar-refractivity contribution in [3.8, 4) is 0 Å². The second-order valence-corrected chi connectivity index (χ2v) is 10.5. The Morgan fingerprint density at radius 3 is 2.03 bits per heavy atom. The Kier molecular flexibility index (Phi) is 7.18. The summed E-state index contributed by atoms with van der Waals surface area (Å²) in [7, 11) is 0. The van der Waals surface area contributed by atoms with E-state index in [1.165, 1.54) is 5.56 Å². The zero-order valence-corrected chi connectivity index (χ0v) is 21.5. The normalized spacial score (nSPS) is 14.1. The highest BCUT2D eigenvalue weighted by Crippen LogP contribution is 2.35. The van der Waals surface area contributed by atoms with Gasteiger partial charge in [0.2, 0.25) is 0 Å². The van der Waals surface area contributed by atoms with Gasteiger partial charge in [-0.1, -0.05) is 68.3 Å². The van der Waals surface area contributed by atoms with Crippen LogP contribution in [0.5, 0.6) is 0 Å². The van der Waals surface area contributed by atoms with Gasteiger partial charge in [-0.05, 0) is 54.3 Å². The first-order valence-corrected chi connectivity index (χ1v) is 12.3. The summed E-state index contributed by atoms with van der Waals surface area (Å²) < 4.78 is 0. The van der Waals surface area contributed by atoms with Crippen molar-refractivity contribution in [3.63, 3.8) is 0 Å². The highest BCUT2D eigenvalue weighted by Gasteiger charge is 2.25. The van der Waals surface area contributed by atoms with Crippen molar-refractivity contribution in [2.45, 2.75) is 33.1 Å². The van der Waals surface area contributed by atoms with Gasteiger partial charge in [-0.2, -0.15) is 0 Å². The average Bonchev–Trinajstić information content (AvgIpc) is 2.84. The number of anilines is 2. The third kappa shape index (κ3) is 5.68. The molecule has 35 heavy (non-hydrogen) atoms. The number of halogens is 1. The van der Waals surface area contributed by atoms with E-state index >= 15 is 0 Å². The van der Waals surface area contributed by atoms with E-state index in [4.69, 9.17) is 11.6 Å². The maximum Gasteiger partial charge on any atom is 0.255 e. The van der Waals surface area contributed by atoms with Gasteiger partial charge in [0.15, 0.2) is 0 Å². The molecule has 0 aliphatic carbocycles. The molecule has 0 aromatic heterocycles. The first kappa shape index (κ1) is 24.8. The molecule has 1 saturated heterocycles. The van der Waals surface area contributed by atoms with E-state index in [2.05, 4.69) is 31.0 Å². The maximum atomic E-state index is 13.0. The molecule has 1 aliphatic heterocycles. The molecule has 6 heteroatoms. The summed E-state index contributed by atoms with van der Waals surface area (Å²) in [6.45, 7) is 10.9. The van der Waals surface area contributed by atoms with Crippen LogP contribution in [-0.2, 0) is 5.41 Å². The van der Waals surface area contributed by atoms with Crippen LogP contribution in [0.3, 0.4) is 0 Å². The van der Waals surface area contributed by atoms with Gasteiger partial charge >= 0.3 is 0 Å². The summed E-state index contributed by atoms with van der Waals surface area (Å²) in [6.07, 6.45) is 0. The Labute approximate surface area is 212 Å². The van der Waals surface area contributed by atoms with Crippen LogP contribution < -0.4 is 10.2 Å². The van der Waals surface area contributed by atoms with Gasteiger partial charge in [0, 0.05) is 37.3 Å². The van der Waals surface area contributed by atoms with E-state index in [-0.39, 0.29) is 17.2 Å². The molecule has 1 fully saturated rings. The number of benzene rings is 3. The molecule has 0 radical (unpaired) electrons. The molecule has 0 spiro atoms. The summed E-state index contributed by atoms with van der Waals surface area (Å²) in [6, 6.07) is 20.9. The molecule has 3 aromatic carbocycles. The summed E-state index contributed by atoms with van der Waals surface area (Å²) in [4.78, 5) is 29.9. The molecule has 0 saturated carbocycles. The Morgan fingerprint density at radius 2 is 1.43 bits per heavy atom. The Hall–Kier alpha value is -3.31. The van der Waals surface area contributed by atoms with Crippen LogP contribution in [0.25, 0.3) is 0 Å². The number of piperazine rings is 1. The number of rotatable bonds is 4. The first-order valence-electron chi connectivity index (χ1n) is 11.9. The van der Waals surface area contributed by atoms with Crippen LogP contribution in [0.4, 0.5) is 11.4 Å². The molecule has 1 N–H and O–H groups in total.